The number of fused-ring (bicyclic) bond motifs is 1. The molecule has 2 heteroatoms. The molecule has 1 aliphatic heterocycles. The number of benzene rings is 1. The van der Waals surface area contributed by atoms with Gasteiger partial charge in [-0.1, -0.05) is 39.8 Å². The Labute approximate surface area is 87.1 Å². The van der Waals surface area contributed by atoms with Gasteiger partial charge in [0.15, 0.2) is 0 Å². The Kier molecular flexibility index (Phi) is 6.63. The van der Waals surface area contributed by atoms with Gasteiger partial charge < -0.3 is 0 Å². The van der Waals surface area contributed by atoms with Gasteiger partial charge in [0.25, 0.3) is 0 Å². The molecule has 1 aromatic rings. The smallest absolute Gasteiger partial charge is 0.0906 e. The molecule has 0 saturated heterocycles. The van der Waals surface area contributed by atoms with Crippen molar-refractivity contribution in [3.63, 3.8) is 0 Å². The Morgan fingerprint density at radius 1 is 1.07 bits per heavy atom. The molecule has 0 saturated carbocycles. The van der Waals surface area contributed by atoms with Crippen LogP contribution in [0.2, 0.25) is 0 Å². The molecule has 0 spiro atoms. The molecule has 0 aliphatic carbocycles. The van der Waals surface area contributed by atoms with Crippen LogP contribution in [0.1, 0.15) is 38.8 Å². The zero-order valence-electron chi connectivity index (χ0n) is 9.83. The lowest BCUT2D eigenvalue weighted by atomic mass is 10.1. The molecule has 1 aromatic carbocycles. The van der Waals surface area contributed by atoms with Crippen LogP contribution in [0.5, 0.6) is 0 Å². The van der Waals surface area contributed by atoms with Crippen LogP contribution >= 0.6 is 0 Å². The lowest BCUT2D eigenvalue weighted by Gasteiger charge is -1.94. The average molecular weight is 192 g/mol. The maximum Gasteiger partial charge on any atom is 0.0906 e. The second-order valence-corrected chi connectivity index (χ2v) is 2.53. The third-order valence-corrected chi connectivity index (χ3v) is 1.66. The van der Waals surface area contributed by atoms with E-state index in [2.05, 4.69) is 35.4 Å². The van der Waals surface area contributed by atoms with E-state index in [9.17, 15) is 0 Å². The van der Waals surface area contributed by atoms with Crippen molar-refractivity contribution in [3.8, 4) is 0 Å². The highest BCUT2D eigenvalue weighted by atomic mass is 15.1. The molecule has 2 rings (SSSR count). The molecule has 1 heterocycles. The molecule has 1 aliphatic rings. The van der Waals surface area contributed by atoms with E-state index in [1.165, 1.54) is 11.1 Å². The first kappa shape index (κ1) is 12.8. The van der Waals surface area contributed by atoms with Gasteiger partial charge in [-0.05, 0) is 18.6 Å². The van der Waals surface area contributed by atoms with E-state index in [0.717, 1.165) is 12.2 Å². The van der Waals surface area contributed by atoms with Gasteiger partial charge in [0.1, 0.15) is 0 Å². The molecule has 0 bridgehead atoms. The van der Waals surface area contributed by atoms with Crippen molar-refractivity contribution < 1.29 is 0 Å². The fourth-order valence-corrected chi connectivity index (χ4v) is 1.09. The molecule has 0 amide bonds. The van der Waals surface area contributed by atoms with Crippen molar-refractivity contribution in [1.29, 1.82) is 0 Å². The fourth-order valence-electron chi connectivity index (χ4n) is 1.09. The Bertz CT molecular complexity index is 290. The van der Waals surface area contributed by atoms with Crippen molar-refractivity contribution in [3.05, 3.63) is 29.3 Å². The van der Waals surface area contributed by atoms with Crippen molar-refractivity contribution in [2.75, 3.05) is 0 Å². The molecular weight excluding hydrogens is 172 g/mol. The first-order chi connectivity index (χ1) is 6.86. The molecule has 0 radical (unpaired) electrons. The van der Waals surface area contributed by atoms with E-state index in [4.69, 9.17) is 0 Å². The molecule has 2 nitrogen and oxygen atoms in total. The van der Waals surface area contributed by atoms with Crippen LogP contribution < -0.4 is 0 Å². The lowest BCUT2D eigenvalue weighted by molar-refractivity contribution is 1.04. The number of nitrogens with zero attached hydrogens (tertiary/aromatic N) is 2. The summed E-state index contributed by atoms with van der Waals surface area (Å²) in [5.41, 5.74) is 3.53. The SMILES string of the molecule is CC.CC.Cc1ccc2c(c1)N=NC2. The number of hydrogen-bond acceptors (Lipinski definition) is 2. The van der Waals surface area contributed by atoms with Crippen LogP contribution in [0.15, 0.2) is 28.4 Å². The van der Waals surface area contributed by atoms with Crippen LogP contribution in [0.4, 0.5) is 5.69 Å². The van der Waals surface area contributed by atoms with Crippen molar-refractivity contribution in [2.24, 2.45) is 10.2 Å². The van der Waals surface area contributed by atoms with Crippen LogP contribution in [-0.4, -0.2) is 0 Å². The molecular formula is C12H20N2. The fraction of sp³-hybridized carbons (Fsp3) is 0.500. The molecule has 78 valence electrons. The minimum atomic E-state index is 0.760. The summed E-state index contributed by atoms with van der Waals surface area (Å²) in [7, 11) is 0. The van der Waals surface area contributed by atoms with Crippen LogP contribution in [0, 0.1) is 6.92 Å². The Morgan fingerprint density at radius 3 is 2.36 bits per heavy atom. The third-order valence-electron chi connectivity index (χ3n) is 1.66. The number of rotatable bonds is 0. The second kappa shape index (κ2) is 7.25. The van der Waals surface area contributed by atoms with Gasteiger partial charge >= 0.3 is 0 Å². The monoisotopic (exact) mass is 192 g/mol. The Hall–Kier alpha value is -1.18. The standard InChI is InChI=1S/C8H8N2.2C2H6/c1-6-2-3-7-5-9-10-8(7)4-6;2*1-2/h2-4H,5H2,1H3;2*1-2H3. The van der Waals surface area contributed by atoms with Gasteiger partial charge in [-0.2, -0.15) is 10.2 Å². The third kappa shape index (κ3) is 3.29. The topological polar surface area (TPSA) is 24.7 Å². The maximum atomic E-state index is 3.99. The summed E-state index contributed by atoms with van der Waals surface area (Å²) < 4.78 is 0. The van der Waals surface area contributed by atoms with E-state index >= 15 is 0 Å². The summed E-state index contributed by atoms with van der Waals surface area (Å²) in [5.74, 6) is 0. The quantitative estimate of drug-likeness (QED) is 0.572. The largest absolute Gasteiger partial charge is 0.184 e. The van der Waals surface area contributed by atoms with E-state index in [1.807, 2.05) is 27.7 Å². The van der Waals surface area contributed by atoms with Crippen molar-refractivity contribution in [2.45, 2.75) is 41.2 Å². The lowest BCUT2D eigenvalue weighted by Crippen LogP contribution is -1.76. The van der Waals surface area contributed by atoms with Crippen molar-refractivity contribution in [1.82, 2.24) is 0 Å². The highest BCUT2D eigenvalue weighted by Gasteiger charge is 2.05. The van der Waals surface area contributed by atoms with E-state index in [-0.39, 0.29) is 0 Å². The predicted molar refractivity (Wildman–Crippen MR) is 62.1 cm³/mol. The molecule has 0 atom stereocenters. The van der Waals surface area contributed by atoms with Gasteiger partial charge in [-0.3, -0.25) is 0 Å². The highest BCUT2D eigenvalue weighted by Crippen LogP contribution is 2.26. The molecule has 0 aromatic heterocycles. The Morgan fingerprint density at radius 2 is 1.71 bits per heavy atom. The summed E-state index contributed by atoms with van der Waals surface area (Å²) in [6.07, 6.45) is 0. The first-order valence-electron chi connectivity index (χ1n) is 5.33. The molecule has 0 N–H and O–H groups in total. The van der Waals surface area contributed by atoms with E-state index < -0.39 is 0 Å². The van der Waals surface area contributed by atoms with Gasteiger partial charge in [-0.25, -0.2) is 0 Å². The molecule has 14 heavy (non-hydrogen) atoms. The molecule has 0 unspecified atom stereocenters. The normalized spacial score (nSPS) is 10.6. The first-order valence-corrected chi connectivity index (χ1v) is 5.33. The van der Waals surface area contributed by atoms with Gasteiger partial charge in [-0.15, -0.1) is 0 Å². The summed E-state index contributed by atoms with van der Waals surface area (Å²) in [6.45, 7) is 10.8. The van der Waals surface area contributed by atoms with Gasteiger partial charge in [0.2, 0.25) is 0 Å². The minimum Gasteiger partial charge on any atom is -0.184 e. The number of azo groups is 1. The van der Waals surface area contributed by atoms with Crippen LogP contribution in [0.3, 0.4) is 0 Å². The molecule has 0 fully saturated rings. The second-order valence-electron chi connectivity index (χ2n) is 2.53. The van der Waals surface area contributed by atoms with Gasteiger partial charge in [0.05, 0.1) is 12.2 Å². The van der Waals surface area contributed by atoms with Crippen LogP contribution in [0.25, 0.3) is 0 Å². The average Bonchev–Trinajstić information content (AvgIpc) is 2.71. The summed E-state index contributed by atoms with van der Waals surface area (Å²) in [5, 5.41) is 7.90. The summed E-state index contributed by atoms with van der Waals surface area (Å²) in [6, 6.07) is 6.24. The summed E-state index contributed by atoms with van der Waals surface area (Å²) >= 11 is 0. The van der Waals surface area contributed by atoms with Crippen LogP contribution in [-0.2, 0) is 6.54 Å². The predicted octanol–water partition coefficient (Wildman–Crippen LogP) is 4.64. The van der Waals surface area contributed by atoms with E-state index in [1.54, 1.807) is 0 Å². The summed E-state index contributed by atoms with van der Waals surface area (Å²) in [4.78, 5) is 0. The highest BCUT2D eigenvalue weighted by molar-refractivity contribution is 5.49. The Balaban J connectivity index is 0.000000379. The van der Waals surface area contributed by atoms with Gasteiger partial charge in [0, 0.05) is 5.56 Å². The zero-order chi connectivity index (χ0) is 11.0. The number of hydrogen-bond donors (Lipinski definition) is 0. The zero-order valence-corrected chi connectivity index (χ0v) is 9.83. The van der Waals surface area contributed by atoms with E-state index in [0.29, 0.717) is 0 Å². The van der Waals surface area contributed by atoms with Crippen molar-refractivity contribution >= 4 is 5.69 Å². The number of aryl methyl sites for hydroxylation is 1. The minimum absolute atomic E-state index is 0.760. The maximum absolute atomic E-state index is 3.99.